The predicted octanol–water partition coefficient (Wildman–Crippen LogP) is 8.93. The van der Waals surface area contributed by atoms with Crippen molar-refractivity contribution in [1.82, 2.24) is 19.8 Å². The molecule has 1 aromatic heterocycles. The molecule has 3 aromatic carbocycles. The summed E-state index contributed by atoms with van der Waals surface area (Å²) in [6.07, 6.45) is 4.63. The quantitative estimate of drug-likeness (QED) is 0.216. The van der Waals surface area contributed by atoms with Crippen LogP contribution in [-0.4, -0.2) is 53.5 Å². The zero-order chi connectivity index (χ0) is 28.2. The maximum absolute atomic E-state index is 6.34. The Bertz CT molecular complexity index is 1440. The molecule has 40 heavy (non-hydrogen) atoms. The number of hydrogen-bond donors (Lipinski definition) is 1. The number of halogens is 2. The molecule has 1 atom stereocenters. The Hall–Kier alpha value is -2.63. The Morgan fingerprint density at radius 3 is 2.40 bits per heavy atom. The van der Waals surface area contributed by atoms with Crippen LogP contribution in [0, 0.1) is 5.92 Å². The van der Waals surface area contributed by atoms with Crippen molar-refractivity contribution >= 4 is 39.8 Å². The van der Waals surface area contributed by atoms with E-state index >= 15 is 0 Å². The van der Waals surface area contributed by atoms with Gasteiger partial charge in [-0.3, -0.25) is 0 Å². The van der Waals surface area contributed by atoms with E-state index in [0.717, 1.165) is 55.3 Å². The van der Waals surface area contributed by atoms with Crippen molar-refractivity contribution in [2.24, 2.45) is 5.92 Å². The molecule has 0 aliphatic carbocycles. The molecule has 1 saturated heterocycles. The van der Waals surface area contributed by atoms with Crippen LogP contribution < -0.4 is 0 Å². The van der Waals surface area contributed by atoms with Gasteiger partial charge in [-0.15, -0.1) is 0 Å². The van der Waals surface area contributed by atoms with E-state index in [1.54, 1.807) is 0 Å². The maximum Gasteiger partial charge on any atom is 0.139 e. The van der Waals surface area contributed by atoms with Gasteiger partial charge in [0.2, 0.25) is 0 Å². The Kier molecular flexibility index (Phi) is 9.32. The summed E-state index contributed by atoms with van der Waals surface area (Å²) in [5.74, 6) is 1.63. The number of fused-ring (bicyclic) bond motifs is 1. The van der Waals surface area contributed by atoms with Gasteiger partial charge in [0, 0.05) is 31.8 Å². The zero-order valence-electron chi connectivity index (χ0n) is 24.1. The van der Waals surface area contributed by atoms with E-state index in [1.807, 2.05) is 12.1 Å². The molecular formula is C34H40Cl2N4. The minimum absolute atomic E-state index is 0.525. The summed E-state index contributed by atoms with van der Waals surface area (Å²) in [7, 11) is 4.21. The van der Waals surface area contributed by atoms with Crippen LogP contribution >= 0.6 is 23.2 Å². The third kappa shape index (κ3) is 6.80. The van der Waals surface area contributed by atoms with Crippen LogP contribution in [-0.2, 0) is 6.54 Å². The average molecular weight is 576 g/mol. The van der Waals surface area contributed by atoms with Crippen molar-refractivity contribution in [1.29, 1.82) is 0 Å². The van der Waals surface area contributed by atoms with Crippen LogP contribution in [0.1, 0.15) is 56.5 Å². The van der Waals surface area contributed by atoms with Crippen LogP contribution in [0.3, 0.4) is 0 Å². The van der Waals surface area contributed by atoms with Gasteiger partial charge in [-0.1, -0.05) is 91.5 Å². The molecule has 1 N–H and O–H groups in total. The van der Waals surface area contributed by atoms with Crippen LogP contribution in [0.25, 0.3) is 27.7 Å². The molecule has 1 aliphatic rings. The maximum atomic E-state index is 6.34. The standard InChI is InChI=1S/C34H40Cl2N4/c1-5-7-23(2)21-40-16-14-27(15-17-40)33(34-37-31-19-29(35)30(36)20-32(31)38-34)26-12-10-25(11-13-26)28-9-6-8-24(18-28)22-39(3)4/h6,8-13,18-20,23H,5,7,14-17,21-22H2,1-4H3,(H,37,38). The van der Waals surface area contributed by atoms with Gasteiger partial charge in [0.15, 0.2) is 0 Å². The third-order valence-electron chi connectivity index (χ3n) is 7.86. The number of benzene rings is 3. The van der Waals surface area contributed by atoms with Crippen molar-refractivity contribution in [2.75, 3.05) is 33.7 Å². The van der Waals surface area contributed by atoms with Gasteiger partial charge in [-0.2, -0.15) is 0 Å². The monoisotopic (exact) mass is 574 g/mol. The highest BCUT2D eigenvalue weighted by molar-refractivity contribution is 6.42. The van der Waals surface area contributed by atoms with Crippen LogP contribution in [0.2, 0.25) is 10.0 Å². The first kappa shape index (κ1) is 28.9. The van der Waals surface area contributed by atoms with E-state index in [9.17, 15) is 0 Å². The molecule has 0 bridgehead atoms. The zero-order valence-corrected chi connectivity index (χ0v) is 25.6. The highest BCUT2D eigenvalue weighted by Crippen LogP contribution is 2.35. The lowest BCUT2D eigenvalue weighted by Crippen LogP contribution is -2.34. The predicted molar refractivity (Wildman–Crippen MR) is 171 cm³/mol. The van der Waals surface area contributed by atoms with E-state index < -0.39 is 0 Å². The molecule has 4 aromatic rings. The molecule has 4 nitrogen and oxygen atoms in total. The second-order valence-electron chi connectivity index (χ2n) is 11.6. The molecule has 0 spiro atoms. The number of likely N-dealkylation sites (tertiary alicyclic amines) is 1. The number of H-pyrrole nitrogens is 1. The van der Waals surface area contributed by atoms with Crippen molar-refractivity contribution in [3.05, 3.63) is 93.2 Å². The first-order valence-corrected chi connectivity index (χ1v) is 15.2. The van der Waals surface area contributed by atoms with E-state index in [2.05, 4.69) is 91.3 Å². The lowest BCUT2D eigenvalue weighted by molar-refractivity contribution is 0.218. The van der Waals surface area contributed by atoms with Gasteiger partial charge in [0.05, 0.1) is 21.1 Å². The second-order valence-corrected chi connectivity index (χ2v) is 12.4. The summed E-state index contributed by atoms with van der Waals surface area (Å²) in [5.41, 5.74) is 9.36. The third-order valence-corrected chi connectivity index (χ3v) is 8.58. The van der Waals surface area contributed by atoms with E-state index in [-0.39, 0.29) is 0 Å². The van der Waals surface area contributed by atoms with Crippen molar-refractivity contribution < 1.29 is 0 Å². The normalized spacial score (nSPS) is 15.2. The first-order chi connectivity index (χ1) is 19.3. The van der Waals surface area contributed by atoms with Crippen LogP contribution in [0.5, 0.6) is 0 Å². The van der Waals surface area contributed by atoms with Gasteiger partial charge in [-0.05, 0) is 79.7 Å². The molecule has 210 valence electrons. The molecule has 5 rings (SSSR count). The summed E-state index contributed by atoms with van der Waals surface area (Å²) in [5, 5.41) is 1.06. The molecule has 1 unspecified atom stereocenters. The number of aromatic amines is 1. The summed E-state index contributed by atoms with van der Waals surface area (Å²) < 4.78 is 0. The molecule has 1 fully saturated rings. The largest absolute Gasteiger partial charge is 0.338 e. The van der Waals surface area contributed by atoms with Crippen molar-refractivity contribution in [2.45, 2.75) is 46.1 Å². The lowest BCUT2D eigenvalue weighted by Gasteiger charge is -2.31. The second kappa shape index (κ2) is 12.9. The SMILES string of the molecule is CCCC(C)CN1CCC(=C(c2ccc(-c3cccc(CN(C)C)c3)cc2)c2nc3cc(Cl)c(Cl)cc3[nH]2)CC1. The van der Waals surface area contributed by atoms with Gasteiger partial charge >= 0.3 is 0 Å². The number of aromatic nitrogens is 2. The fourth-order valence-corrected chi connectivity index (χ4v) is 6.28. The van der Waals surface area contributed by atoms with Crippen LogP contribution in [0.15, 0.2) is 66.2 Å². The van der Waals surface area contributed by atoms with Gasteiger partial charge in [-0.25, -0.2) is 4.98 Å². The highest BCUT2D eigenvalue weighted by atomic mass is 35.5. The molecule has 6 heteroatoms. The molecule has 0 radical (unpaired) electrons. The number of nitrogens with zero attached hydrogens (tertiary/aromatic N) is 3. The number of hydrogen-bond acceptors (Lipinski definition) is 3. The Morgan fingerprint density at radius 2 is 1.70 bits per heavy atom. The summed E-state index contributed by atoms with van der Waals surface area (Å²) >= 11 is 12.7. The van der Waals surface area contributed by atoms with Crippen molar-refractivity contribution in [3.8, 4) is 11.1 Å². The van der Waals surface area contributed by atoms with E-state index in [0.29, 0.717) is 10.0 Å². The number of rotatable bonds is 9. The number of imidazole rings is 1. The topological polar surface area (TPSA) is 35.2 Å². The van der Waals surface area contributed by atoms with Crippen molar-refractivity contribution in [3.63, 3.8) is 0 Å². The molecule has 2 heterocycles. The lowest BCUT2D eigenvalue weighted by atomic mass is 9.91. The van der Waals surface area contributed by atoms with Crippen LogP contribution in [0.4, 0.5) is 0 Å². The molecule has 1 aliphatic heterocycles. The van der Waals surface area contributed by atoms with Gasteiger partial charge in [0.25, 0.3) is 0 Å². The Balaban J connectivity index is 1.48. The Labute approximate surface area is 249 Å². The molecular weight excluding hydrogens is 535 g/mol. The van der Waals surface area contributed by atoms with E-state index in [4.69, 9.17) is 28.2 Å². The molecule has 0 saturated carbocycles. The first-order valence-electron chi connectivity index (χ1n) is 14.4. The smallest absolute Gasteiger partial charge is 0.139 e. The fourth-order valence-electron chi connectivity index (χ4n) is 5.96. The summed E-state index contributed by atoms with van der Waals surface area (Å²) in [4.78, 5) is 13.4. The minimum atomic E-state index is 0.525. The van der Waals surface area contributed by atoms with Gasteiger partial charge in [0.1, 0.15) is 5.82 Å². The number of nitrogens with one attached hydrogen (secondary N) is 1. The van der Waals surface area contributed by atoms with Gasteiger partial charge < -0.3 is 14.8 Å². The Morgan fingerprint density at radius 1 is 0.975 bits per heavy atom. The summed E-state index contributed by atoms with van der Waals surface area (Å²) in [6.45, 7) is 8.93. The molecule has 0 amide bonds. The average Bonchev–Trinajstić information content (AvgIpc) is 3.32. The van der Waals surface area contributed by atoms with E-state index in [1.165, 1.54) is 52.8 Å². The fraction of sp³-hybridized carbons (Fsp3) is 0.382. The summed E-state index contributed by atoms with van der Waals surface area (Å²) in [6, 6.07) is 21.5. The number of piperidine rings is 1. The highest BCUT2D eigenvalue weighted by Gasteiger charge is 2.22. The minimum Gasteiger partial charge on any atom is -0.338 e.